The van der Waals surface area contributed by atoms with Crippen LogP contribution < -0.4 is 11.1 Å². The Labute approximate surface area is 123 Å². The van der Waals surface area contributed by atoms with Gasteiger partial charge in [-0.25, -0.2) is 8.78 Å². The molecule has 0 saturated carbocycles. The van der Waals surface area contributed by atoms with Crippen LogP contribution in [0.4, 0.5) is 14.5 Å². The first-order valence-electron chi connectivity index (χ1n) is 7.26. The first-order chi connectivity index (χ1) is 10.0. The number of amides is 1. The van der Waals surface area contributed by atoms with Crippen molar-refractivity contribution in [3.63, 3.8) is 0 Å². The molecule has 1 aliphatic heterocycles. The number of nitrogens with one attached hydrogen (secondary N) is 1. The number of anilines is 1. The quantitative estimate of drug-likeness (QED) is 0.836. The maximum Gasteiger partial charge on any atom is 0.254 e. The summed E-state index contributed by atoms with van der Waals surface area (Å²) in [4.78, 5) is 14.3. The molecule has 0 aromatic heterocycles. The van der Waals surface area contributed by atoms with Gasteiger partial charge in [0.1, 0.15) is 11.6 Å². The summed E-state index contributed by atoms with van der Waals surface area (Å²) < 4.78 is 26.6. The Morgan fingerprint density at radius 2 is 2.00 bits per heavy atom. The van der Waals surface area contributed by atoms with E-state index in [0.29, 0.717) is 18.5 Å². The standard InChI is InChI=1S/C15H21F2N3O/c1-2-20-5-3-10(4-6-20)9-19-15(21)11-7-14(18)13(17)8-12(11)16/h7-8,10H,2-6,9,18H2,1H3,(H,19,21). The third-order valence-electron chi connectivity index (χ3n) is 4.04. The molecule has 21 heavy (non-hydrogen) atoms. The van der Waals surface area contributed by atoms with Gasteiger partial charge in [0.05, 0.1) is 11.3 Å². The third-order valence-corrected chi connectivity index (χ3v) is 4.04. The molecule has 1 fully saturated rings. The Bertz CT molecular complexity index is 514. The molecule has 0 spiro atoms. The number of nitrogen functional groups attached to an aromatic ring is 1. The van der Waals surface area contributed by atoms with Gasteiger partial charge < -0.3 is 16.0 Å². The molecule has 1 aromatic rings. The molecule has 1 aromatic carbocycles. The van der Waals surface area contributed by atoms with E-state index in [0.717, 1.165) is 38.5 Å². The highest BCUT2D eigenvalue weighted by Crippen LogP contribution is 2.18. The second-order valence-electron chi connectivity index (χ2n) is 5.44. The van der Waals surface area contributed by atoms with E-state index in [1.54, 1.807) is 0 Å². The average molecular weight is 297 g/mol. The number of halogens is 2. The van der Waals surface area contributed by atoms with Gasteiger partial charge in [-0.1, -0.05) is 6.92 Å². The number of hydrogen-bond donors (Lipinski definition) is 2. The number of benzene rings is 1. The molecule has 4 nitrogen and oxygen atoms in total. The van der Waals surface area contributed by atoms with Crippen LogP contribution >= 0.6 is 0 Å². The van der Waals surface area contributed by atoms with E-state index in [1.807, 2.05) is 0 Å². The highest BCUT2D eigenvalue weighted by atomic mass is 19.1. The van der Waals surface area contributed by atoms with E-state index < -0.39 is 17.5 Å². The maximum atomic E-state index is 13.6. The molecule has 116 valence electrons. The molecule has 3 N–H and O–H groups in total. The van der Waals surface area contributed by atoms with Gasteiger partial charge >= 0.3 is 0 Å². The summed E-state index contributed by atoms with van der Waals surface area (Å²) in [5.74, 6) is -1.88. The minimum Gasteiger partial charge on any atom is -0.396 e. The molecule has 0 aliphatic carbocycles. The van der Waals surface area contributed by atoms with Crippen LogP contribution in [0.25, 0.3) is 0 Å². The van der Waals surface area contributed by atoms with Crippen molar-refractivity contribution in [3.8, 4) is 0 Å². The van der Waals surface area contributed by atoms with Gasteiger partial charge in [0, 0.05) is 12.6 Å². The van der Waals surface area contributed by atoms with E-state index >= 15 is 0 Å². The summed E-state index contributed by atoms with van der Waals surface area (Å²) >= 11 is 0. The topological polar surface area (TPSA) is 58.4 Å². The summed E-state index contributed by atoms with van der Waals surface area (Å²) in [6.45, 7) is 5.72. The average Bonchev–Trinajstić information content (AvgIpc) is 2.49. The Balaban J connectivity index is 1.89. The number of carbonyl (C=O) groups excluding carboxylic acids is 1. The number of likely N-dealkylation sites (tertiary alicyclic amines) is 1. The molecule has 1 amide bonds. The Hall–Kier alpha value is -1.69. The monoisotopic (exact) mass is 297 g/mol. The lowest BCUT2D eigenvalue weighted by Crippen LogP contribution is -2.38. The zero-order chi connectivity index (χ0) is 15.4. The van der Waals surface area contributed by atoms with Crippen molar-refractivity contribution in [2.75, 3.05) is 31.9 Å². The van der Waals surface area contributed by atoms with Gasteiger partial charge in [-0.15, -0.1) is 0 Å². The van der Waals surface area contributed by atoms with E-state index in [1.165, 1.54) is 0 Å². The zero-order valence-corrected chi connectivity index (χ0v) is 12.2. The van der Waals surface area contributed by atoms with Crippen molar-refractivity contribution in [1.29, 1.82) is 0 Å². The van der Waals surface area contributed by atoms with Gasteiger partial charge in [0.15, 0.2) is 0 Å². The Kier molecular flexibility index (Phi) is 5.12. The molecule has 0 unspecified atom stereocenters. The molecular weight excluding hydrogens is 276 g/mol. The first-order valence-corrected chi connectivity index (χ1v) is 7.26. The van der Waals surface area contributed by atoms with Crippen molar-refractivity contribution < 1.29 is 13.6 Å². The van der Waals surface area contributed by atoms with Gasteiger partial charge in [0.25, 0.3) is 5.91 Å². The number of piperidine rings is 1. The highest BCUT2D eigenvalue weighted by Gasteiger charge is 2.20. The fraction of sp³-hybridized carbons (Fsp3) is 0.533. The molecule has 6 heteroatoms. The smallest absolute Gasteiger partial charge is 0.254 e. The normalized spacial score (nSPS) is 16.9. The van der Waals surface area contributed by atoms with E-state index in [-0.39, 0.29) is 11.3 Å². The van der Waals surface area contributed by atoms with Crippen LogP contribution in [0.5, 0.6) is 0 Å². The number of hydrogen-bond acceptors (Lipinski definition) is 3. The molecule has 1 saturated heterocycles. The number of nitrogens with two attached hydrogens (primary N) is 1. The second kappa shape index (κ2) is 6.85. The lowest BCUT2D eigenvalue weighted by molar-refractivity contribution is 0.0933. The minimum absolute atomic E-state index is 0.208. The zero-order valence-electron chi connectivity index (χ0n) is 12.2. The lowest BCUT2D eigenvalue weighted by atomic mass is 9.96. The molecule has 1 heterocycles. The van der Waals surface area contributed by atoms with Crippen molar-refractivity contribution in [2.45, 2.75) is 19.8 Å². The van der Waals surface area contributed by atoms with Crippen molar-refractivity contribution in [2.24, 2.45) is 5.92 Å². The maximum absolute atomic E-state index is 13.6. The van der Waals surface area contributed by atoms with Crippen molar-refractivity contribution in [3.05, 3.63) is 29.3 Å². The van der Waals surface area contributed by atoms with Crippen molar-refractivity contribution >= 4 is 11.6 Å². The summed E-state index contributed by atoms with van der Waals surface area (Å²) in [5.41, 5.74) is 4.94. The molecule has 2 rings (SSSR count). The summed E-state index contributed by atoms with van der Waals surface area (Å²) in [6, 6.07) is 1.68. The molecule has 0 bridgehead atoms. The predicted molar refractivity (Wildman–Crippen MR) is 77.9 cm³/mol. The predicted octanol–water partition coefficient (Wildman–Crippen LogP) is 2.01. The van der Waals surface area contributed by atoms with Gasteiger partial charge in [-0.05, 0) is 44.5 Å². The second-order valence-corrected chi connectivity index (χ2v) is 5.44. The molecule has 0 radical (unpaired) electrons. The SMILES string of the molecule is CCN1CCC(CNC(=O)c2cc(N)c(F)cc2F)CC1. The summed E-state index contributed by atoms with van der Waals surface area (Å²) in [6.07, 6.45) is 2.03. The van der Waals surface area contributed by atoms with E-state index in [9.17, 15) is 13.6 Å². The first kappa shape index (κ1) is 15.7. The van der Waals surface area contributed by atoms with Crippen LogP contribution in [0, 0.1) is 17.6 Å². The number of carbonyl (C=O) groups is 1. The largest absolute Gasteiger partial charge is 0.396 e. The van der Waals surface area contributed by atoms with Crippen LogP contribution in [0.1, 0.15) is 30.1 Å². The lowest BCUT2D eigenvalue weighted by Gasteiger charge is -2.31. The van der Waals surface area contributed by atoms with Gasteiger partial charge in [-0.2, -0.15) is 0 Å². The summed E-state index contributed by atoms with van der Waals surface area (Å²) in [7, 11) is 0. The number of rotatable bonds is 4. The third kappa shape index (κ3) is 3.91. The van der Waals surface area contributed by atoms with Gasteiger partial charge in [-0.3, -0.25) is 4.79 Å². The van der Waals surface area contributed by atoms with Crippen LogP contribution in [0.15, 0.2) is 12.1 Å². The Morgan fingerprint density at radius 3 is 2.62 bits per heavy atom. The fourth-order valence-electron chi connectivity index (χ4n) is 2.58. The van der Waals surface area contributed by atoms with Gasteiger partial charge in [0.2, 0.25) is 0 Å². The summed E-state index contributed by atoms with van der Waals surface area (Å²) in [5, 5.41) is 2.71. The fourth-order valence-corrected chi connectivity index (χ4v) is 2.58. The van der Waals surface area contributed by atoms with Crippen LogP contribution in [-0.4, -0.2) is 37.0 Å². The van der Waals surface area contributed by atoms with Crippen LogP contribution in [0.2, 0.25) is 0 Å². The molecular formula is C15H21F2N3O. The van der Waals surface area contributed by atoms with Crippen LogP contribution in [-0.2, 0) is 0 Å². The minimum atomic E-state index is -0.889. The Morgan fingerprint density at radius 1 is 1.33 bits per heavy atom. The molecule has 0 atom stereocenters. The highest BCUT2D eigenvalue weighted by molar-refractivity contribution is 5.95. The van der Waals surface area contributed by atoms with Crippen molar-refractivity contribution in [1.82, 2.24) is 10.2 Å². The van der Waals surface area contributed by atoms with Crippen LogP contribution in [0.3, 0.4) is 0 Å². The van der Waals surface area contributed by atoms with E-state index in [2.05, 4.69) is 17.1 Å². The number of nitrogens with zero attached hydrogens (tertiary/aromatic N) is 1. The molecule has 1 aliphatic rings. The van der Waals surface area contributed by atoms with E-state index in [4.69, 9.17) is 5.73 Å².